The molecule has 0 atom stereocenters. The molecular weight excluding hydrogens is 272 g/mol. The highest BCUT2D eigenvalue weighted by atomic mass is 16.2. The van der Waals surface area contributed by atoms with Crippen molar-refractivity contribution in [1.29, 1.82) is 0 Å². The second-order valence-corrected chi connectivity index (χ2v) is 5.98. The zero-order valence-corrected chi connectivity index (χ0v) is 13.8. The van der Waals surface area contributed by atoms with Gasteiger partial charge in [-0.05, 0) is 44.5 Å². The SMILES string of the molecule is Cc1cc(C)c(NC(=O)CN(C)Cc2ccccc2)c(C)c1. The van der Waals surface area contributed by atoms with E-state index in [0.717, 1.165) is 23.4 Å². The van der Waals surface area contributed by atoms with Gasteiger partial charge < -0.3 is 5.32 Å². The van der Waals surface area contributed by atoms with E-state index >= 15 is 0 Å². The van der Waals surface area contributed by atoms with Crippen molar-refractivity contribution in [3.63, 3.8) is 0 Å². The molecule has 22 heavy (non-hydrogen) atoms. The standard InChI is InChI=1S/C19H24N2O/c1-14-10-15(2)19(16(3)11-14)20-18(22)13-21(4)12-17-8-6-5-7-9-17/h5-11H,12-13H2,1-4H3,(H,20,22). The maximum Gasteiger partial charge on any atom is 0.238 e. The lowest BCUT2D eigenvalue weighted by atomic mass is 10.1. The number of hydrogen-bond donors (Lipinski definition) is 1. The predicted molar refractivity (Wildman–Crippen MR) is 92.1 cm³/mol. The van der Waals surface area contributed by atoms with Crippen molar-refractivity contribution in [2.24, 2.45) is 0 Å². The fourth-order valence-electron chi connectivity index (χ4n) is 2.75. The highest BCUT2D eigenvalue weighted by molar-refractivity contribution is 5.93. The monoisotopic (exact) mass is 296 g/mol. The van der Waals surface area contributed by atoms with Crippen LogP contribution in [-0.2, 0) is 11.3 Å². The normalized spacial score (nSPS) is 10.8. The van der Waals surface area contributed by atoms with E-state index in [2.05, 4.69) is 36.5 Å². The maximum atomic E-state index is 12.2. The van der Waals surface area contributed by atoms with Crippen molar-refractivity contribution in [2.75, 3.05) is 18.9 Å². The van der Waals surface area contributed by atoms with Gasteiger partial charge in [0.1, 0.15) is 0 Å². The van der Waals surface area contributed by atoms with E-state index in [0.29, 0.717) is 6.54 Å². The number of rotatable bonds is 5. The van der Waals surface area contributed by atoms with Gasteiger partial charge in [-0.15, -0.1) is 0 Å². The minimum Gasteiger partial charge on any atom is -0.324 e. The highest BCUT2D eigenvalue weighted by Gasteiger charge is 2.10. The molecule has 0 spiro atoms. The van der Waals surface area contributed by atoms with Gasteiger partial charge in [-0.1, -0.05) is 48.0 Å². The zero-order valence-electron chi connectivity index (χ0n) is 13.8. The van der Waals surface area contributed by atoms with Crippen LogP contribution in [0.25, 0.3) is 0 Å². The van der Waals surface area contributed by atoms with E-state index in [4.69, 9.17) is 0 Å². The minimum absolute atomic E-state index is 0.0217. The van der Waals surface area contributed by atoms with Gasteiger partial charge in [-0.3, -0.25) is 9.69 Å². The smallest absolute Gasteiger partial charge is 0.238 e. The van der Waals surface area contributed by atoms with Crippen LogP contribution in [0.1, 0.15) is 22.3 Å². The van der Waals surface area contributed by atoms with Crippen LogP contribution in [-0.4, -0.2) is 24.4 Å². The third-order valence-corrected chi connectivity index (χ3v) is 3.65. The fourth-order valence-corrected chi connectivity index (χ4v) is 2.75. The first-order valence-electron chi connectivity index (χ1n) is 7.56. The van der Waals surface area contributed by atoms with E-state index in [1.54, 1.807) is 0 Å². The summed E-state index contributed by atoms with van der Waals surface area (Å²) >= 11 is 0. The van der Waals surface area contributed by atoms with Crippen molar-refractivity contribution < 1.29 is 4.79 Å². The van der Waals surface area contributed by atoms with Crippen LogP contribution >= 0.6 is 0 Å². The first-order chi connectivity index (χ1) is 10.5. The Hall–Kier alpha value is -2.13. The number of benzene rings is 2. The molecule has 0 aromatic heterocycles. The second kappa shape index (κ2) is 7.23. The molecule has 0 saturated heterocycles. The molecule has 0 aliphatic carbocycles. The third kappa shape index (κ3) is 4.43. The molecule has 0 bridgehead atoms. The van der Waals surface area contributed by atoms with Gasteiger partial charge in [0.15, 0.2) is 0 Å². The summed E-state index contributed by atoms with van der Waals surface area (Å²) in [4.78, 5) is 14.3. The summed E-state index contributed by atoms with van der Waals surface area (Å²) in [5.74, 6) is 0.0217. The Balaban J connectivity index is 1.96. The first kappa shape index (κ1) is 16.2. The van der Waals surface area contributed by atoms with E-state index in [-0.39, 0.29) is 5.91 Å². The van der Waals surface area contributed by atoms with Crippen molar-refractivity contribution in [3.05, 3.63) is 64.7 Å². The molecule has 0 heterocycles. The van der Waals surface area contributed by atoms with Gasteiger partial charge in [0.2, 0.25) is 5.91 Å². The number of amides is 1. The number of nitrogens with one attached hydrogen (secondary N) is 1. The van der Waals surface area contributed by atoms with E-state index < -0.39 is 0 Å². The summed E-state index contributed by atoms with van der Waals surface area (Å²) in [6.45, 7) is 7.27. The van der Waals surface area contributed by atoms with Gasteiger partial charge in [0.05, 0.1) is 6.54 Å². The molecule has 0 unspecified atom stereocenters. The molecule has 0 aliphatic rings. The van der Waals surface area contributed by atoms with Crippen molar-refractivity contribution in [3.8, 4) is 0 Å². The van der Waals surface area contributed by atoms with E-state index in [1.165, 1.54) is 11.1 Å². The molecule has 0 aliphatic heterocycles. The second-order valence-electron chi connectivity index (χ2n) is 5.98. The molecule has 3 nitrogen and oxygen atoms in total. The summed E-state index contributed by atoms with van der Waals surface area (Å²) < 4.78 is 0. The molecule has 2 rings (SSSR count). The van der Waals surface area contributed by atoms with Crippen molar-refractivity contribution >= 4 is 11.6 Å². The molecule has 0 radical (unpaired) electrons. The van der Waals surface area contributed by atoms with E-state index in [1.807, 2.05) is 44.0 Å². The van der Waals surface area contributed by atoms with Crippen LogP contribution < -0.4 is 5.32 Å². The Morgan fingerprint density at radius 1 is 1.05 bits per heavy atom. The van der Waals surface area contributed by atoms with E-state index in [9.17, 15) is 4.79 Å². The molecule has 2 aromatic rings. The van der Waals surface area contributed by atoms with Crippen LogP contribution in [0, 0.1) is 20.8 Å². The van der Waals surface area contributed by atoms with Gasteiger partial charge in [-0.25, -0.2) is 0 Å². The number of anilines is 1. The van der Waals surface area contributed by atoms with Gasteiger partial charge in [-0.2, -0.15) is 0 Å². The Bertz CT molecular complexity index is 627. The van der Waals surface area contributed by atoms with Crippen LogP contribution in [0.4, 0.5) is 5.69 Å². The number of carbonyl (C=O) groups is 1. The molecule has 0 fully saturated rings. The molecule has 2 aromatic carbocycles. The van der Waals surface area contributed by atoms with Crippen LogP contribution in [0.5, 0.6) is 0 Å². The summed E-state index contributed by atoms with van der Waals surface area (Å²) in [6, 6.07) is 14.4. The Morgan fingerprint density at radius 2 is 1.64 bits per heavy atom. The predicted octanol–water partition coefficient (Wildman–Crippen LogP) is 3.68. The average Bonchev–Trinajstić information content (AvgIpc) is 2.43. The number of carbonyl (C=O) groups excluding carboxylic acids is 1. The first-order valence-corrected chi connectivity index (χ1v) is 7.56. The Labute approximate surface area is 133 Å². The fraction of sp³-hybridized carbons (Fsp3) is 0.316. The number of nitrogens with zero attached hydrogens (tertiary/aromatic N) is 1. The number of hydrogen-bond acceptors (Lipinski definition) is 2. The average molecular weight is 296 g/mol. The summed E-state index contributed by atoms with van der Waals surface area (Å²) in [6.07, 6.45) is 0. The van der Waals surface area contributed by atoms with Crippen LogP contribution in [0.2, 0.25) is 0 Å². The van der Waals surface area contributed by atoms with Gasteiger partial charge in [0, 0.05) is 12.2 Å². The summed E-state index contributed by atoms with van der Waals surface area (Å²) in [5, 5.41) is 3.04. The molecule has 3 heteroatoms. The third-order valence-electron chi connectivity index (χ3n) is 3.65. The molecule has 1 N–H and O–H groups in total. The summed E-state index contributed by atoms with van der Waals surface area (Å²) in [7, 11) is 1.96. The molecular formula is C19H24N2O. The largest absolute Gasteiger partial charge is 0.324 e. The van der Waals surface area contributed by atoms with Crippen LogP contribution in [0.3, 0.4) is 0 Å². The Morgan fingerprint density at radius 3 is 2.23 bits per heavy atom. The summed E-state index contributed by atoms with van der Waals surface area (Å²) in [5.41, 5.74) is 5.58. The van der Waals surface area contributed by atoms with Gasteiger partial charge in [0.25, 0.3) is 0 Å². The minimum atomic E-state index is 0.0217. The molecule has 0 saturated carbocycles. The molecule has 116 valence electrons. The lowest BCUT2D eigenvalue weighted by Crippen LogP contribution is -2.30. The van der Waals surface area contributed by atoms with Crippen LogP contribution in [0.15, 0.2) is 42.5 Å². The number of aryl methyl sites for hydroxylation is 3. The lowest BCUT2D eigenvalue weighted by Gasteiger charge is -2.18. The maximum absolute atomic E-state index is 12.2. The Kier molecular flexibility index (Phi) is 5.34. The topological polar surface area (TPSA) is 32.3 Å². The zero-order chi connectivity index (χ0) is 16.1. The number of likely N-dealkylation sites (N-methyl/N-ethyl adjacent to an activating group) is 1. The lowest BCUT2D eigenvalue weighted by molar-refractivity contribution is -0.117. The highest BCUT2D eigenvalue weighted by Crippen LogP contribution is 2.21. The molecule has 1 amide bonds. The van der Waals surface area contributed by atoms with Gasteiger partial charge >= 0.3 is 0 Å². The van der Waals surface area contributed by atoms with Crippen molar-refractivity contribution in [1.82, 2.24) is 4.90 Å². The van der Waals surface area contributed by atoms with Crippen molar-refractivity contribution in [2.45, 2.75) is 27.3 Å². The quantitative estimate of drug-likeness (QED) is 0.913.